The molecule has 0 saturated heterocycles. The first-order valence-electron chi connectivity index (χ1n) is 5.32. The summed E-state index contributed by atoms with van der Waals surface area (Å²) in [5, 5.41) is 13.8. The normalized spacial score (nSPS) is 11.5. The van der Waals surface area contributed by atoms with Crippen LogP contribution < -0.4 is 5.32 Å². The van der Waals surface area contributed by atoms with Crippen molar-refractivity contribution in [2.45, 2.75) is 6.54 Å². The van der Waals surface area contributed by atoms with Gasteiger partial charge in [-0.25, -0.2) is 4.98 Å². The van der Waals surface area contributed by atoms with E-state index in [-0.39, 0.29) is 12.1 Å². The van der Waals surface area contributed by atoms with E-state index in [2.05, 4.69) is 10.3 Å². The topological polar surface area (TPSA) is 88.4 Å². The van der Waals surface area contributed by atoms with Gasteiger partial charge in [0.05, 0.1) is 4.92 Å². The third-order valence-corrected chi connectivity index (χ3v) is 2.60. The molecule has 0 aromatic carbocycles. The lowest BCUT2D eigenvalue weighted by molar-refractivity contribution is -0.419. The molecule has 0 unspecified atom stereocenters. The molecule has 1 aromatic rings. The van der Waals surface area contributed by atoms with Crippen LogP contribution >= 0.6 is 11.6 Å². The van der Waals surface area contributed by atoms with Gasteiger partial charge in [0.25, 0.3) is 0 Å². The van der Waals surface area contributed by atoms with Gasteiger partial charge in [0.15, 0.2) is 5.82 Å². The predicted octanol–water partition coefficient (Wildman–Crippen LogP) is 1.03. The molecule has 1 N–H and O–H groups in total. The van der Waals surface area contributed by atoms with Gasteiger partial charge >= 0.3 is 5.70 Å². The van der Waals surface area contributed by atoms with Crippen LogP contribution in [0, 0.1) is 10.1 Å². The Labute approximate surface area is 115 Å². The Balaban J connectivity index is 2.96. The molecule has 8 heteroatoms. The first kappa shape index (κ1) is 14.9. The molecule has 1 heterocycles. The van der Waals surface area contributed by atoms with Crippen LogP contribution in [0.1, 0.15) is 5.56 Å². The summed E-state index contributed by atoms with van der Waals surface area (Å²) in [5.41, 5.74) is 0.292. The molecule has 0 aliphatic rings. The first-order valence-corrected chi connectivity index (χ1v) is 5.70. The van der Waals surface area contributed by atoms with Crippen molar-refractivity contribution < 1.29 is 9.72 Å². The van der Waals surface area contributed by atoms with Gasteiger partial charge in [-0.15, -0.1) is 0 Å². The van der Waals surface area contributed by atoms with Crippen LogP contribution in [0.25, 0.3) is 0 Å². The smallest absolute Gasteiger partial charge is 0.348 e. The largest absolute Gasteiger partial charge is 0.369 e. The Hall–Kier alpha value is -2.15. The van der Waals surface area contributed by atoms with E-state index in [0.717, 1.165) is 5.56 Å². The van der Waals surface area contributed by atoms with Crippen molar-refractivity contribution in [1.82, 2.24) is 15.2 Å². The summed E-state index contributed by atoms with van der Waals surface area (Å²) < 4.78 is 0. The summed E-state index contributed by atoms with van der Waals surface area (Å²) in [6.45, 7) is 0.353. The summed E-state index contributed by atoms with van der Waals surface area (Å²) in [4.78, 5) is 26.2. The third kappa shape index (κ3) is 3.92. The molecule has 0 bridgehead atoms. The number of rotatable bonds is 6. The summed E-state index contributed by atoms with van der Waals surface area (Å²) in [7, 11) is 3.15. The molecule has 19 heavy (non-hydrogen) atoms. The highest BCUT2D eigenvalue weighted by atomic mass is 35.5. The SMILES string of the molecule is CN/C(=C(/C=O)[N+](=O)[O-])N(C)Cc1ccc(Cl)nc1. The lowest BCUT2D eigenvalue weighted by Gasteiger charge is -2.21. The fourth-order valence-electron chi connectivity index (χ4n) is 1.55. The Morgan fingerprint density at radius 3 is 2.74 bits per heavy atom. The molecule has 0 spiro atoms. The van der Waals surface area contributed by atoms with E-state index in [0.29, 0.717) is 11.7 Å². The summed E-state index contributed by atoms with van der Waals surface area (Å²) in [6, 6.07) is 3.38. The highest BCUT2D eigenvalue weighted by Gasteiger charge is 2.20. The van der Waals surface area contributed by atoms with E-state index in [1.54, 1.807) is 30.3 Å². The maximum Gasteiger partial charge on any atom is 0.348 e. The quantitative estimate of drug-likeness (QED) is 0.276. The molecule has 0 radical (unpaired) electrons. The fourth-order valence-corrected chi connectivity index (χ4v) is 1.66. The minimum Gasteiger partial charge on any atom is -0.369 e. The number of carbonyl (C=O) groups excluding carboxylic acids is 1. The molecular formula is C11H13ClN4O3. The molecule has 7 nitrogen and oxygen atoms in total. The number of hydrogen-bond donors (Lipinski definition) is 1. The number of allylic oxidation sites excluding steroid dienone is 1. The number of aromatic nitrogens is 1. The molecule has 0 atom stereocenters. The monoisotopic (exact) mass is 284 g/mol. The highest BCUT2D eigenvalue weighted by Crippen LogP contribution is 2.11. The van der Waals surface area contributed by atoms with Crippen molar-refractivity contribution in [3.63, 3.8) is 0 Å². The second kappa shape index (κ2) is 6.69. The number of aldehydes is 1. The second-order valence-corrected chi connectivity index (χ2v) is 4.09. The molecule has 0 saturated carbocycles. The zero-order chi connectivity index (χ0) is 14.4. The number of hydrogen-bond acceptors (Lipinski definition) is 6. The summed E-state index contributed by atoms with van der Waals surface area (Å²) in [5.74, 6) is 0.134. The second-order valence-electron chi connectivity index (χ2n) is 3.70. The number of nitro groups is 1. The molecule has 1 aromatic heterocycles. The average molecular weight is 285 g/mol. The molecule has 1 rings (SSSR count). The highest BCUT2D eigenvalue weighted by molar-refractivity contribution is 6.29. The van der Waals surface area contributed by atoms with Crippen molar-refractivity contribution in [3.05, 3.63) is 50.7 Å². The van der Waals surface area contributed by atoms with Crippen molar-refractivity contribution in [1.29, 1.82) is 0 Å². The number of pyridine rings is 1. The van der Waals surface area contributed by atoms with Gasteiger partial charge in [0.1, 0.15) is 5.15 Å². The van der Waals surface area contributed by atoms with Crippen LogP contribution in [0.3, 0.4) is 0 Å². The van der Waals surface area contributed by atoms with Gasteiger partial charge in [-0.3, -0.25) is 14.9 Å². The molecule has 0 aliphatic heterocycles. The number of halogens is 1. The van der Waals surface area contributed by atoms with E-state index >= 15 is 0 Å². The van der Waals surface area contributed by atoms with Crippen LogP contribution in [0.4, 0.5) is 0 Å². The van der Waals surface area contributed by atoms with Crippen LogP contribution in [-0.4, -0.2) is 35.2 Å². The van der Waals surface area contributed by atoms with Crippen molar-refractivity contribution >= 4 is 17.9 Å². The number of nitrogens with one attached hydrogen (secondary N) is 1. The zero-order valence-corrected chi connectivity index (χ0v) is 11.2. The first-order chi connectivity index (χ1) is 8.99. The average Bonchev–Trinajstić information content (AvgIpc) is 2.37. The van der Waals surface area contributed by atoms with Gasteiger partial charge in [-0.2, -0.15) is 0 Å². The lowest BCUT2D eigenvalue weighted by atomic mass is 10.2. The molecular weight excluding hydrogens is 272 g/mol. The van der Waals surface area contributed by atoms with Crippen LogP contribution in [0.2, 0.25) is 5.15 Å². The zero-order valence-electron chi connectivity index (χ0n) is 10.5. The van der Waals surface area contributed by atoms with Gasteiger partial charge in [-0.1, -0.05) is 17.7 Å². The Kier molecular flexibility index (Phi) is 5.25. The van der Waals surface area contributed by atoms with E-state index in [1.807, 2.05) is 0 Å². The van der Waals surface area contributed by atoms with E-state index < -0.39 is 10.6 Å². The van der Waals surface area contributed by atoms with Crippen LogP contribution in [0.15, 0.2) is 29.8 Å². The predicted molar refractivity (Wildman–Crippen MR) is 69.9 cm³/mol. The Morgan fingerprint density at radius 1 is 1.63 bits per heavy atom. The molecule has 0 fully saturated rings. The standard InChI is InChI=1S/C11H13ClN4O3/c1-13-11(9(7-17)16(18)19)15(2)6-8-3-4-10(12)14-5-8/h3-5,7,13H,6H2,1-2H3/b11-9+. The third-order valence-electron chi connectivity index (χ3n) is 2.38. The lowest BCUT2D eigenvalue weighted by Crippen LogP contribution is -2.29. The van der Waals surface area contributed by atoms with Crippen molar-refractivity contribution in [2.24, 2.45) is 0 Å². The van der Waals surface area contributed by atoms with Gasteiger partial charge < -0.3 is 10.2 Å². The molecule has 102 valence electrons. The fraction of sp³-hybridized carbons (Fsp3) is 0.273. The van der Waals surface area contributed by atoms with Gasteiger partial charge in [0, 0.05) is 26.8 Å². The molecule has 0 aliphatic carbocycles. The van der Waals surface area contributed by atoms with E-state index in [4.69, 9.17) is 11.6 Å². The maximum atomic E-state index is 10.8. The minimum absolute atomic E-state index is 0.134. The Bertz CT molecular complexity index is 501. The molecule has 0 amide bonds. The van der Waals surface area contributed by atoms with Gasteiger partial charge in [-0.05, 0) is 11.6 Å². The van der Waals surface area contributed by atoms with Crippen molar-refractivity contribution in [2.75, 3.05) is 14.1 Å². The maximum absolute atomic E-state index is 10.8. The minimum atomic E-state index is -0.727. The number of carbonyl (C=O) groups is 1. The van der Waals surface area contributed by atoms with E-state index in [1.165, 1.54) is 7.05 Å². The summed E-state index contributed by atoms with van der Waals surface area (Å²) >= 11 is 5.67. The van der Waals surface area contributed by atoms with Crippen LogP contribution in [-0.2, 0) is 11.3 Å². The van der Waals surface area contributed by atoms with Crippen LogP contribution in [0.5, 0.6) is 0 Å². The van der Waals surface area contributed by atoms with Gasteiger partial charge in [0.2, 0.25) is 6.29 Å². The summed E-state index contributed by atoms with van der Waals surface area (Å²) in [6.07, 6.45) is 1.78. The Morgan fingerprint density at radius 2 is 2.32 bits per heavy atom. The van der Waals surface area contributed by atoms with E-state index in [9.17, 15) is 14.9 Å². The number of nitrogens with zero attached hydrogens (tertiary/aromatic N) is 3. The van der Waals surface area contributed by atoms with Crippen molar-refractivity contribution in [3.8, 4) is 0 Å².